The van der Waals surface area contributed by atoms with Crippen LogP contribution >= 0.6 is 0 Å². The Morgan fingerprint density at radius 2 is 1.96 bits per heavy atom. The van der Waals surface area contributed by atoms with Crippen molar-refractivity contribution >= 4 is 11.8 Å². The number of carbonyl (C=O) groups is 2. The van der Waals surface area contributed by atoms with E-state index in [0.29, 0.717) is 31.5 Å². The lowest BCUT2D eigenvalue weighted by Gasteiger charge is -2.27. The highest BCUT2D eigenvalue weighted by atomic mass is 16.2. The van der Waals surface area contributed by atoms with E-state index in [2.05, 4.69) is 17.2 Å². The summed E-state index contributed by atoms with van der Waals surface area (Å²) in [6.07, 6.45) is 12.4. The van der Waals surface area contributed by atoms with E-state index in [-0.39, 0.29) is 18.4 Å². The van der Waals surface area contributed by atoms with Gasteiger partial charge in [0, 0.05) is 37.9 Å². The van der Waals surface area contributed by atoms with Gasteiger partial charge in [-0.2, -0.15) is 0 Å². The van der Waals surface area contributed by atoms with E-state index in [1.807, 2.05) is 24.2 Å². The molecule has 0 saturated heterocycles. The number of aryl methyl sites for hydroxylation is 1. The van der Waals surface area contributed by atoms with Crippen LogP contribution in [-0.4, -0.2) is 45.3 Å². The first-order chi connectivity index (χ1) is 13.1. The lowest BCUT2D eigenvalue weighted by atomic mass is 10.0. The number of amides is 2. The van der Waals surface area contributed by atoms with Crippen molar-refractivity contribution in [2.24, 2.45) is 13.0 Å². The Labute approximate surface area is 163 Å². The number of nitrogens with zero attached hydrogens (tertiary/aromatic N) is 3. The summed E-state index contributed by atoms with van der Waals surface area (Å²) in [5, 5.41) is 0. The Kier molecular flexibility index (Phi) is 6.75. The number of hydrogen-bond donors (Lipinski definition) is 0. The van der Waals surface area contributed by atoms with Crippen molar-refractivity contribution < 1.29 is 9.59 Å². The van der Waals surface area contributed by atoms with Crippen LogP contribution in [0.2, 0.25) is 0 Å². The monoisotopic (exact) mass is 371 g/mol. The summed E-state index contributed by atoms with van der Waals surface area (Å²) in [5.41, 5.74) is 1.12. The van der Waals surface area contributed by atoms with Crippen LogP contribution in [-0.2, 0) is 23.2 Å². The molecule has 0 bridgehead atoms. The summed E-state index contributed by atoms with van der Waals surface area (Å²) in [6, 6.07) is 4.38. The van der Waals surface area contributed by atoms with Gasteiger partial charge in [0.25, 0.3) is 0 Å². The smallest absolute Gasteiger partial charge is 0.242 e. The zero-order valence-electron chi connectivity index (χ0n) is 16.6. The molecule has 2 aliphatic carbocycles. The van der Waals surface area contributed by atoms with Gasteiger partial charge in [-0.05, 0) is 37.3 Å². The molecule has 2 amide bonds. The minimum absolute atomic E-state index is 0.0507. The molecule has 1 aromatic heterocycles. The molecule has 2 fully saturated rings. The zero-order valence-corrected chi connectivity index (χ0v) is 16.6. The van der Waals surface area contributed by atoms with Crippen LogP contribution in [0.25, 0.3) is 0 Å². The molecule has 0 spiro atoms. The molecule has 5 heteroatoms. The molecule has 1 heterocycles. The maximum Gasteiger partial charge on any atom is 0.242 e. The molecule has 1 aromatic rings. The molecule has 0 N–H and O–H groups in total. The SMILES string of the molecule is C=CCN(CC(=O)N(Cc1cccn1C)C1CC1)C(=O)CCC1CCCC1. The van der Waals surface area contributed by atoms with Gasteiger partial charge < -0.3 is 14.4 Å². The standard InChI is InChI=1S/C22H33N3O2/c1-3-14-24(21(26)13-10-18-7-4-5-8-18)17-22(27)25(19-11-12-19)16-20-9-6-15-23(20)2/h3,6,9,15,18-19H,1,4-5,7-8,10-14,16-17H2,2H3. The summed E-state index contributed by atoms with van der Waals surface area (Å²) in [4.78, 5) is 29.3. The molecule has 148 valence electrons. The molecule has 0 radical (unpaired) electrons. The Hall–Kier alpha value is -2.04. The van der Waals surface area contributed by atoms with E-state index >= 15 is 0 Å². The predicted octanol–water partition coefficient (Wildman–Crippen LogP) is 3.50. The molecular weight excluding hydrogens is 338 g/mol. The summed E-state index contributed by atoms with van der Waals surface area (Å²) >= 11 is 0. The largest absolute Gasteiger partial charge is 0.353 e. The highest BCUT2D eigenvalue weighted by Gasteiger charge is 2.34. The van der Waals surface area contributed by atoms with E-state index in [4.69, 9.17) is 0 Å². The van der Waals surface area contributed by atoms with E-state index in [0.717, 1.165) is 25.0 Å². The normalized spacial score (nSPS) is 17.1. The van der Waals surface area contributed by atoms with Crippen molar-refractivity contribution in [1.29, 1.82) is 0 Å². The Morgan fingerprint density at radius 3 is 2.56 bits per heavy atom. The van der Waals surface area contributed by atoms with Gasteiger partial charge in [-0.25, -0.2) is 0 Å². The summed E-state index contributed by atoms with van der Waals surface area (Å²) in [7, 11) is 2.00. The van der Waals surface area contributed by atoms with Crippen molar-refractivity contribution in [1.82, 2.24) is 14.4 Å². The van der Waals surface area contributed by atoms with E-state index in [9.17, 15) is 9.59 Å². The quantitative estimate of drug-likeness (QED) is 0.591. The average Bonchev–Trinajstić information content (AvgIpc) is 3.19. The molecule has 3 rings (SSSR count). The van der Waals surface area contributed by atoms with Crippen molar-refractivity contribution in [3.8, 4) is 0 Å². The number of rotatable bonds is 10. The Bertz CT molecular complexity index is 656. The van der Waals surface area contributed by atoms with Gasteiger partial charge in [-0.1, -0.05) is 31.8 Å². The first kappa shape index (κ1) is 19.7. The molecule has 0 atom stereocenters. The highest BCUT2D eigenvalue weighted by Crippen LogP contribution is 2.30. The average molecular weight is 372 g/mol. The fourth-order valence-electron chi connectivity index (χ4n) is 4.09. The third-order valence-electron chi connectivity index (χ3n) is 5.96. The minimum atomic E-state index is 0.0507. The van der Waals surface area contributed by atoms with Crippen molar-refractivity contribution in [3.63, 3.8) is 0 Å². The number of carbonyl (C=O) groups excluding carboxylic acids is 2. The zero-order chi connectivity index (χ0) is 19.2. The maximum atomic E-state index is 13.0. The maximum absolute atomic E-state index is 13.0. The minimum Gasteiger partial charge on any atom is -0.353 e. The molecule has 0 aromatic carbocycles. The topological polar surface area (TPSA) is 45.6 Å². The van der Waals surface area contributed by atoms with E-state index < -0.39 is 0 Å². The van der Waals surface area contributed by atoms with E-state index in [1.165, 1.54) is 25.7 Å². The number of hydrogen-bond acceptors (Lipinski definition) is 2. The van der Waals surface area contributed by atoms with Gasteiger partial charge in [0.2, 0.25) is 11.8 Å². The molecule has 5 nitrogen and oxygen atoms in total. The molecule has 2 aliphatic rings. The van der Waals surface area contributed by atoms with Crippen LogP contribution in [0.15, 0.2) is 31.0 Å². The third-order valence-corrected chi connectivity index (χ3v) is 5.96. The second kappa shape index (κ2) is 9.25. The van der Waals surface area contributed by atoms with Crippen LogP contribution in [0.4, 0.5) is 0 Å². The Balaban J connectivity index is 1.57. The first-order valence-electron chi connectivity index (χ1n) is 10.4. The van der Waals surface area contributed by atoms with Gasteiger partial charge in [0.05, 0.1) is 6.54 Å². The van der Waals surface area contributed by atoms with Gasteiger partial charge >= 0.3 is 0 Å². The lowest BCUT2D eigenvalue weighted by molar-refractivity contribution is -0.141. The summed E-state index contributed by atoms with van der Waals surface area (Å²) in [5.74, 6) is 0.829. The summed E-state index contributed by atoms with van der Waals surface area (Å²) < 4.78 is 2.05. The fourth-order valence-corrected chi connectivity index (χ4v) is 4.09. The van der Waals surface area contributed by atoms with Gasteiger partial charge in [0.1, 0.15) is 6.54 Å². The second-order valence-electron chi connectivity index (χ2n) is 8.12. The van der Waals surface area contributed by atoms with Gasteiger partial charge in [-0.15, -0.1) is 6.58 Å². The molecule has 27 heavy (non-hydrogen) atoms. The van der Waals surface area contributed by atoms with Crippen LogP contribution in [0.1, 0.15) is 57.1 Å². The first-order valence-corrected chi connectivity index (χ1v) is 10.4. The van der Waals surface area contributed by atoms with Crippen molar-refractivity contribution in [2.75, 3.05) is 13.1 Å². The van der Waals surface area contributed by atoms with Crippen LogP contribution in [0, 0.1) is 5.92 Å². The number of aromatic nitrogens is 1. The summed E-state index contributed by atoms with van der Waals surface area (Å²) in [6.45, 7) is 4.99. The van der Waals surface area contributed by atoms with Crippen LogP contribution in [0.5, 0.6) is 0 Å². The highest BCUT2D eigenvalue weighted by molar-refractivity contribution is 5.85. The van der Waals surface area contributed by atoms with Crippen LogP contribution < -0.4 is 0 Å². The van der Waals surface area contributed by atoms with Crippen molar-refractivity contribution in [3.05, 3.63) is 36.7 Å². The second-order valence-corrected chi connectivity index (χ2v) is 8.12. The van der Waals surface area contributed by atoms with Crippen LogP contribution in [0.3, 0.4) is 0 Å². The lowest BCUT2D eigenvalue weighted by Crippen LogP contribution is -2.43. The van der Waals surface area contributed by atoms with Crippen molar-refractivity contribution in [2.45, 2.75) is 64.0 Å². The molecule has 2 saturated carbocycles. The Morgan fingerprint density at radius 1 is 1.22 bits per heavy atom. The van der Waals surface area contributed by atoms with E-state index in [1.54, 1.807) is 11.0 Å². The fraction of sp³-hybridized carbons (Fsp3) is 0.636. The third kappa shape index (κ3) is 5.47. The predicted molar refractivity (Wildman–Crippen MR) is 107 cm³/mol. The molecular formula is C22H33N3O2. The molecule has 0 aliphatic heterocycles. The van der Waals surface area contributed by atoms with Gasteiger partial charge in [0.15, 0.2) is 0 Å². The molecule has 0 unspecified atom stereocenters. The van der Waals surface area contributed by atoms with Gasteiger partial charge in [-0.3, -0.25) is 9.59 Å².